The molecule has 1 atom stereocenters. The van der Waals surface area contributed by atoms with Gasteiger partial charge in [0.2, 0.25) is 0 Å². The van der Waals surface area contributed by atoms with Gasteiger partial charge in [0.1, 0.15) is 0 Å². The molecule has 0 bridgehead atoms. The quantitative estimate of drug-likeness (QED) is 0.781. The second kappa shape index (κ2) is 6.90. The Balaban J connectivity index is 2.17. The number of thiazole rings is 1. The summed E-state index contributed by atoms with van der Waals surface area (Å²) in [6.45, 7) is 13.3. The molecule has 1 aliphatic rings. The van der Waals surface area contributed by atoms with Gasteiger partial charge in [0.25, 0.3) is 0 Å². The van der Waals surface area contributed by atoms with Crippen LogP contribution in [-0.4, -0.2) is 23.6 Å². The first-order valence-electron chi connectivity index (χ1n) is 8.06. The highest BCUT2D eigenvalue weighted by atomic mass is 32.1. The number of hydrogen-bond acceptors (Lipinski definition) is 4. The van der Waals surface area contributed by atoms with Crippen molar-refractivity contribution in [2.45, 2.75) is 78.4 Å². The molecular formula is C16H29N3S. The fraction of sp³-hybridized carbons (Fsp3) is 0.812. The average molecular weight is 295 g/mol. The summed E-state index contributed by atoms with van der Waals surface area (Å²) in [5.41, 5.74) is 1.29. The molecule has 1 aromatic heterocycles. The van der Waals surface area contributed by atoms with Crippen LogP contribution in [0.15, 0.2) is 0 Å². The first kappa shape index (κ1) is 15.8. The summed E-state index contributed by atoms with van der Waals surface area (Å²) in [4.78, 5) is 8.83. The van der Waals surface area contributed by atoms with E-state index in [0.717, 1.165) is 19.1 Å². The van der Waals surface area contributed by atoms with Crippen LogP contribution in [0.3, 0.4) is 0 Å². The molecule has 1 unspecified atom stereocenters. The number of anilines is 1. The van der Waals surface area contributed by atoms with Crippen LogP contribution in [0.25, 0.3) is 0 Å². The van der Waals surface area contributed by atoms with Gasteiger partial charge in [-0.25, -0.2) is 4.98 Å². The van der Waals surface area contributed by atoms with Gasteiger partial charge in [0.15, 0.2) is 5.13 Å². The first-order chi connectivity index (χ1) is 9.56. The van der Waals surface area contributed by atoms with Gasteiger partial charge in [0, 0.05) is 30.1 Å². The topological polar surface area (TPSA) is 28.2 Å². The van der Waals surface area contributed by atoms with Crippen molar-refractivity contribution >= 4 is 16.5 Å². The molecule has 114 valence electrons. The van der Waals surface area contributed by atoms with E-state index in [-0.39, 0.29) is 0 Å². The normalized spacial score (nSPS) is 16.7. The number of hydrogen-bond donors (Lipinski definition) is 1. The van der Waals surface area contributed by atoms with E-state index >= 15 is 0 Å². The standard InChI is InChI=1S/C16H29N3S/c1-6-12(5)19(7-2)16-18-15(11(3)4)14(20-16)10-17-13-8-9-13/h11-13,17H,6-10H2,1-5H3. The smallest absolute Gasteiger partial charge is 0.186 e. The van der Waals surface area contributed by atoms with Gasteiger partial charge >= 0.3 is 0 Å². The van der Waals surface area contributed by atoms with Crippen LogP contribution >= 0.6 is 11.3 Å². The molecule has 0 amide bonds. The summed E-state index contributed by atoms with van der Waals surface area (Å²) in [7, 11) is 0. The molecule has 1 aromatic rings. The molecule has 0 aromatic carbocycles. The summed E-state index contributed by atoms with van der Waals surface area (Å²) in [5.74, 6) is 0.506. The fourth-order valence-electron chi connectivity index (χ4n) is 2.43. The van der Waals surface area contributed by atoms with E-state index < -0.39 is 0 Å². The average Bonchev–Trinajstić information content (AvgIpc) is 3.16. The maximum Gasteiger partial charge on any atom is 0.186 e. The highest BCUT2D eigenvalue weighted by Gasteiger charge is 2.23. The van der Waals surface area contributed by atoms with Crippen LogP contribution in [0.4, 0.5) is 5.13 Å². The van der Waals surface area contributed by atoms with E-state index in [9.17, 15) is 0 Å². The SMILES string of the molecule is CCC(C)N(CC)c1nc(C(C)C)c(CNC2CC2)s1. The molecule has 0 radical (unpaired) electrons. The third kappa shape index (κ3) is 3.73. The summed E-state index contributed by atoms with van der Waals surface area (Å²) in [6, 6.07) is 1.33. The van der Waals surface area contributed by atoms with Crippen LogP contribution < -0.4 is 10.2 Å². The van der Waals surface area contributed by atoms with Gasteiger partial charge in [-0.05, 0) is 39.0 Å². The minimum absolute atomic E-state index is 0.506. The minimum Gasteiger partial charge on any atom is -0.346 e. The molecule has 3 nitrogen and oxygen atoms in total. The molecule has 0 aliphatic heterocycles. The van der Waals surface area contributed by atoms with Crippen molar-refractivity contribution < 1.29 is 0 Å². The summed E-state index contributed by atoms with van der Waals surface area (Å²) < 4.78 is 0. The lowest BCUT2D eigenvalue weighted by Crippen LogP contribution is -2.32. The highest BCUT2D eigenvalue weighted by Crippen LogP contribution is 2.32. The van der Waals surface area contributed by atoms with E-state index in [2.05, 4.69) is 44.8 Å². The van der Waals surface area contributed by atoms with E-state index in [1.165, 1.54) is 35.0 Å². The van der Waals surface area contributed by atoms with Crippen LogP contribution in [0, 0.1) is 0 Å². The fourth-order valence-corrected chi connectivity index (χ4v) is 3.76. The van der Waals surface area contributed by atoms with Gasteiger partial charge in [-0.1, -0.05) is 20.8 Å². The largest absolute Gasteiger partial charge is 0.346 e. The van der Waals surface area contributed by atoms with E-state index in [0.29, 0.717) is 12.0 Å². The second-order valence-electron chi connectivity index (χ2n) is 6.16. The van der Waals surface area contributed by atoms with E-state index in [1.54, 1.807) is 0 Å². The number of nitrogens with one attached hydrogen (secondary N) is 1. The molecule has 2 rings (SSSR count). The summed E-state index contributed by atoms with van der Waals surface area (Å²) in [6.07, 6.45) is 3.85. The lowest BCUT2D eigenvalue weighted by atomic mass is 10.1. The second-order valence-corrected chi connectivity index (χ2v) is 7.22. The van der Waals surface area contributed by atoms with Crippen molar-refractivity contribution in [2.75, 3.05) is 11.4 Å². The Kier molecular flexibility index (Phi) is 5.44. The molecule has 1 saturated carbocycles. The monoisotopic (exact) mass is 295 g/mol. The van der Waals surface area contributed by atoms with Crippen LogP contribution in [0.1, 0.15) is 70.4 Å². The first-order valence-corrected chi connectivity index (χ1v) is 8.88. The van der Waals surface area contributed by atoms with Gasteiger partial charge in [0.05, 0.1) is 5.69 Å². The van der Waals surface area contributed by atoms with Gasteiger partial charge < -0.3 is 10.2 Å². The number of rotatable bonds is 8. The van der Waals surface area contributed by atoms with Gasteiger partial charge in [-0.2, -0.15) is 0 Å². The third-order valence-corrected chi connectivity index (χ3v) is 5.21. The maximum absolute atomic E-state index is 4.95. The molecule has 4 heteroatoms. The molecule has 0 spiro atoms. The zero-order valence-electron chi connectivity index (χ0n) is 13.6. The molecular weight excluding hydrogens is 266 g/mol. The van der Waals surface area contributed by atoms with Crippen molar-refractivity contribution in [1.29, 1.82) is 0 Å². The lowest BCUT2D eigenvalue weighted by molar-refractivity contribution is 0.626. The van der Waals surface area contributed by atoms with Crippen LogP contribution in [0.5, 0.6) is 0 Å². The molecule has 1 heterocycles. The Morgan fingerprint density at radius 2 is 2.00 bits per heavy atom. The summed E-state index contributed by atoms with van der Waals surface area (Å²) >= 11 is 1.89. The lowest BCUT2D eigenvalue weighted by Gasteiger charge is -2.26. The Bertz CT molecular complexity index is 423. The Morgan fingerprint density at radius 3 is 2.50 bits per heavy atom. The molecule has 20 heavy (non-hydrogen) atoms. The molecule has 1 fully saturated rings. The van der Waals surface area contributed by atoms with Crippen molar-refractivity contribution in [3.63, 3.8) is 0 Å². The van der Waals surface area contributed by atoms with Crippen molar-refractivity contribution in [2.24, 2.45) is 0 Å². The number of nitrogens with zero attached hydrogens (tertiary/aromatic N) is 2. The zero-order chi connectivity index (χ0) is 14.7. The van der Waals surface area contributed by atoms with Gasteiger partial charge in [-0.15, -0.1) is 11.3 Å². The van der Waals surface area contributed by atoms with Crippen LogP contribution in [0.2, 0.25) is 0 Å². The molecule has 1 N–H and O–H groups in total. The van der Waals surface area contributed by atoms with Crippen molar-refractivity contribution in [3.8, 4) is 0 Å². The number of aromatic nitrogens is 1. The van der Waals surface area contributed by atoms with E-state index in [1.807, 2.05) is 11.3 Å². The summed E-state index contributed by atoms with van der Waals surface area (Å²) in [5, 5.41) is 4.84. The Hall–Kier alpha value is -0.610. The van der Waals surface area contributed by atoms with E-state index in [4.69, 9.17) is 4.98 Å². The van der Waals surface area contributed by atoms with Crippen molar-refractivity contribution in [3.05, 3.63) is 10.6 Å². The molecule has 0 saturated heterocycles. The Morgan fingerprint density at radius 1 is 1.30 bits per heavy atom. The van der Waals surface area contributed by atoms with Crippen molar-refractivity contribution in [1.82, 2.24) is 10.3 Å². The third-order valence-electron chi connectivity index (χ3n) is 4.10. The maximum atomic E-state index is 4.95. The molecule has 1 aliphatic carbocycles. The van der Waals surface area contributed by atoms with Gasteiger partial charge in [-0.3, -0.25) is 0 Å². The Labute approximate surface area is 127 Å². The predicted octanol–water partition coefficient (Wildman–Crippen LogP) is 4.14. The minimum atomic E-state index is 0.506. The predicted molar refractivity (Wildman–Crippen MR) is 88.8 cm³/mol. The van der Waals surface area contributed by atoms with Crippen LogP contribution in [-0.2, 0) is 6.54 Å². The zero-order valence-corrected chi connectivity index (χ0v) is 14.4. The highest BCUT2D eigenvalue weighted by molar-refractivity contribution is 7.15.